The van der Waals surface area contributed by atoms with Crippen LogP contribution in [0.2, 0.25) is 0 Å². The molecule has 0 fully saturated rings. The van der Waals surface area contributed by atoms with E-state index in [1.54, 1.807) is 12.1 Å². The molecule has 0 aliphatic heterocycles. The van der Waals surface area contributed by atoms with E-state index in [0.29, 0.717) is 23.2 Å². The van der Waals surface area contributed by atoms with Crippen LogP contribution in [0, 0.1) is 5.82 Å². The minimum Gasteiger partial charge on any atom is -0.453 e. The Balaban J connectivity index is 1.85. The fourth-order valence-corrected chi connectivity index (χ4v) is 2.34. The molecule has 1 heterocycles. The maximum Gasteiger partial charge on any atom is 0.198 e. The first-order valence-electron chi connectivity index (χ1n) is 7.43. The molecule has 1 aromatic heterocycles. The minimum absolute atomic E-state index is 0.0112. The summed E-state index contributed by atoms with van der Waals surface area (Å²) in [5, 5.41) is 0.649. The van der Waals surface area contributed by atoms with Crippen molar-refractivity contribution in [2.75, 3.05) is 0 Å². The van der Waals surface area contributed by atoms with Crippen LogP contribution in [0.3, 0.4) is 0 Å². The molecule has 0 unspecified atom stereocenters. The second-order valence-electron chi connectivity index (χ2n) is 5.23. The van der Waals surface area contributed by atoms with Crippen molar-refractivity contribution >= 4 is 16.8 Å². The van der Waals surface area contributed by atoms with Gasteiger partial charge in [0, 0.05) is 11.8 Å². The van der Waals surface area contributed by atoms with Gasteiger partial charge in [0.1, 0.15) is 11.4 Å². The topological polar surface area (TPSA) is 30.2 Å². The van der Waals surface area contributed by atoms with Crippen LogP contribution in [0.25, 0.3) is 11.0 Å². The summed E-state index contributed by atoms with van der Waals surface area (Å²) in [5.74, 6) is 0.0458. The fourth-order valence-electron chi connectivity index (χ4n) is 2.34. The number of Topliss-reactive ketones (excluding diaryl/α,β-unsaturated/α-hetero) is 1. The van der Waals surface area contributed by atoms with Gasteiger partial charge in [0.05, 0.1) is 0 Å². The number of fused-ring (bicyclic) bond motifs is 1. The Labute approximate surface area is 119 Å². The molecule has 0 bridgehead atoms. The first-order chi connectivity index (χ1) is 9.70. The molecule has 3 heteroatoms. The molecule has 0 saturated carbocycles. The quantitative estimate of drug-likeness (QED) is 0.470. The van der Waals surface area contributed by atoms with Gasteiger partial charge >= 0.3 is 0 Å². The van der Waals surface area contributed by atoms with Crippen molar-refractivity contribution < 1.29 is 13.6 Å². The molecule has 2 aromatic rings. The monoisotopic (exact) mass is 276 g/mol. The first-order valence-corrected chi connectivity index (χ1v) is 7.43. The number of ketones is 1. The van der Waals surface area contributed by atoms with Gasteiger partial charge in [0.25, 0.3) is 0 Å². The number of unbranched alkanes of at least 4 members (excludes halogenated alkanes) is 5. The van der Waals surface area contributed by atoms with Crippen LogP contribution < -0.4 is 0 Å². The lowest BCUT2D eigenvalue weighted by molar-refractivity contribution is 0.0954. The molecule has 108 valence electrons. The molecule has 0 aliphatic carbocycles. The van der Waals surface area contributed by atoms with E-state index >= 15 is 0 Å². The summed E-state index contributed by atoms with van der Waals surface area (Å²) in [7, 11) is 0. The Morgan fingerprint density at radius 1 is 1.10 bits per heavy atom. The molecule has 0 aliphatic rings. The van der Waals surface area contributed by atoms with Gasteiger partial charge in [-0.25, -0.2) is 4.39 Å². The van der Waals surface area contributed by atoms with Gasteiger partial charge in [-0.15, -0.1) is 0 Å². The zero-order valence-electron chi connectivity index (χ0n) is 12.0. The molecule has 0 radical (unpaired) electrons. The molecule has 0 amide bonds. The van der Waals surface area contributed by atoms with Crippen molar-refractivity contribution in [1.82, 2.24) is 0 Å². The van der Waals surface area contributed by atoms with Gasteiger partial charge in [-0.1, -0.05) is 39.0 Å². The number of carbonyl (C=O) groups excluding carboxylic acids is 1. The third-order valence-corrected chi connectivity index (χ3v) is 3.51. The average molecular weight is 276 g/mol. The second-order valence-corrected chi connectivity index (χ2v) is 5.23. The lowest BCUT2D eigenvalue weighted by atomic mass is 10.1. The third-order valence-electron chi connectivity index (χ3n) is 3.51. The maximum atomic E-state index is 13.1. The van der Waals surface area contributed by atoms with Gasteiger partial charge in [0.15, 0.2) is 11.5 Å². The Morgan fingerprint density at radius 3 is 2.65 bits per heavy atom. The molecular weight excluding hydrogens is 255 g/mol. The van der Waals surface area contributed by atoms with Gasteiger partial charge < -0.3 is 4.42 Å². The molecule has 0 spiro atoms. The Morgan fingerprint density at radius 2 is 1.85 bits per heavy atom. The summed E-state index contributed by atoms with van der Waals surface area (Å²) in [6, 6.07) is 5.93. The van der Waals surface area contributed by atoms with E-state index in [0.717, 1.165) is 12.8 Å². The summed E-state index contributed by atoms with van der Waals surface area (Å²) >= 11 is 0. The van der Waals surface area contributed by atoms with E-state index in [-0.39, 0.29) is 11.6 Å². The van der Waals surface area contributed by atoms with Gasteiger partial charge in [-0.3, -0.25) is 4.79 Å². The lowest BCUT2D eigenvalue weighted by Gasteiger charge is -1.99. The molecule has 2 rings (SSSR count). The Hall–Kier alpha value is -1.64. The molecule has 20 heavy (non-hydrogen) atoms. The zero-order chi connectivity index (χ0) is 14.4. The summed E-state index contributed by atoms with van der Waals surface area (Å²) in [6.45, 7) is 2.19. The third kappa shape index (κ3) is 3.92. The minimum atomic E-state index is -0.312. The van der Waals surface area contributed by atoms with Crippen molar-refractivity contribution in [2.24, 2.45) is 0 Å². The molecule has 0 atom stereocenters. The second kappa shape index (κ2) is 7.22. The van der Waals surface area contributed by atoms with Crippen LogP contribution in [0.1, 0.15) is 62.4 Å². The number of benzene rings is 1. The highest BCUT2D eigenvalue weighted by molar-refractivity contribution is 5.97. The standard InChI is InChI=1S/C17H21FO2/c1-2-3-4-5-6-7-8-15(19)17-12-13-11-14(18)9-10-16(13)20-17/h9-12H,2-8H2,1H3. The van der Waals surface area contributed by atoms with Crippen LogP contribution in [0.15, 0.2) is 28.7 Å². The summed E-state index contributed by atoms with van der Waals surface area (Å²) in [5.41, 5.74) is 0.567. The van der Waals surface area contributed by atoms with Crippen LogP contribution >= 0.6 is 0 Å². The Kier molecular flexibility index (Phi) is 5.33. The van der Waals surface area contributed by atoms with Gasteiger partial charge in [-0.2, -0.15) is 0 Å². The lowest BCUT2D eigenvalue weighted by Crippen LogP contribution is -1.96. The van der Waals surface area contributed by atoms with E-state index in [9.17, 15) is 9.18 Å². The number of hydrogen-bond acceptors (Lipinski definition) is 2. The molecule has 0 saturated heterocycles. The van der Waals surface area contributed by atoms with Crippen LogP contribution in [-0.2, 0) is 0 Å². The predicted octanol–water partition coefficient (Wildman–Crippen LogP) is 5.51. The highest BCUT2D eigenvalue weighted by Crippen LogP contribution is 2.22. The van der Waals surface area contributed by atoms with Gasteiger partial charge in [0.2, 0.25) is 0 Å². The first kappa shape index (κ1) is 14.8. The number of furan rings is 1. The number of rotatable bonds is 8. The zero-order valence-corrected chi connectivity index (χ0v) is 12.0. The Bertz CT molecular complexity index is 571. The van der Waals surface area contributed by atoms with E-state index < -0.39 is 0 Å². The SMILES string of the molecule is CCCCCCCCC(=O)c1cc2cc(F)ccc2o1. The molecule has 2 nitrogen and oxygen atoms in total. The van der Waals surface area contributed by atoms with Crippen molar-refractivity contribution in [3.63, 3.8) is 0 Å². The van der Waals surface area contributed by atoms with E-state index in [1.165, 1.54) is 37.8 Å². The highest BCUT2D eigenvalue weighted by atomic mass is 19.1. The van der Waals surface area contributed by atoms with E-state index in [2.05, 4.69) is 6.92 Å². The molecular formula is C17H21FO2. The van der Waals surface area contributed by atoms with E-state index in [4.69, 9.17) is 4.42 Å². The number of hydrogen-bond donors (Lipinski definition) is 0. The highest BCUT2D eigenvalue weighted by Gasteiger charge is 2.12. The fraction of sp³-hybridized carbons (Fsp3) is 0.471. The van der Waals surface area contributed by atoms with Crippen LogP contribution in [0.5, 0.6) is 0 Å². The van der Waals surface area contributed by atoms with Crippen molar-refractivity contribution in [3.8, 4) is 0 Å². The summed E-state index contributed by atoms with van der Waals surface area (Å²) < 4.78 is 18.5. The predicted molar refractivity (Wildman–Crippen MR) is 78.5 cm³/mol. The normalized spacial score (nSPS) is 11.1. The summed E-state index contributed by atoms with van der Waals surface area (Å²) in [6.07, 6.45) is 7.42. The maximum absolute atomic E-state index is 13.1. The number of carbonyl (C=O) groups is 1. The average Bonchev–Trinajstić information content (AvgIpc) is 2.85. The largest absolute Gasteiger partial charge is 0.453 e. The van der Waals surface area contributed by atoms with Crippen LogP contribution in [-0.4, -0.2) is 5.78 Å². The smallest absolute Gasteiger partial charge is 0.198 e. The van der Waals surface area contributed by atoms with Crippen molar-refractivity contribution in [2.45, 2.75) is 51.9 Å². The van der Waals surface area contributed by atoms with Crippen molar-refractivity contribution in [1.29, 1.82) is 0 Å². The van der Waals surface area contributed by atoms with Gasteiger partial charge in [-0.05, 0) is 30.7 Å². The van der Waals surface area contributed by atoms with E-state index in [1.807, 2.05) is 0 Å². The summed E-state index contributed by atoms with van der Waals surface area (Å²) in [4.78, 5) is 12.0. The van der Waals surface area contributed by atoms with Crippen LogP contribution in [0.4, 0.5) is 4.39 Å². The number of halogens is 1. The van der Waals surface area contributed by atoms with Crippen molar-refractivity contribution in [3.05, 3.63) is 35.8 Å². The molecule has 0 N–H and O–H groups in total. The molecule has 1 aromatic carbocycles.